The zero-order valence-electron chi connectivity index (χ0n) is 11.0. The third-order valence-electron chi connectivity index (χ3n) is 3.90. The number of rotatable bonds is 1. The highest BCUT2D eigenvalue weighted by Gasteiger charge is 2.15. The molecule has 0 aliphatic carbocycles. The predicted octanol–water partition coefficient (Wildman–Crippen LogP) is 2.55. The molecule has 0 spiro atoms. The third-order valence-corrected chi connectivity index (χ3v) is 4.22. The average Bonchev–Trinajstić information content (AvgIpc) is 2.89. The standard InChI is InChI=1S/C15H15ClN4/c16-11-4-7-20-13-3-1-2-12(15(13)18-10-14(11)20)19-8-5-17-6-9-19/h1-4,7,10,17H,5-6,8-9H2. The zero-order chi connectivity index (χ0) is 13.5. The van der Waals surface area contributed by atoms with Crippen LogP contribution in [0.25, 0.3) is 16.6 Å². The van der Waals surface area contributed by atoms with Crippen molar-refractivity contribution in [3.63, 3.8) is 0 Å². The minimum atomic E-state index is 0.743. The molecule has 1 aliphatic rings. The molecule has 0 radical (unpaired) electrons. The fourth-order valence-electron chi connectivity index (χ4n) is 2.89. The molecule has 20 heavy (non-hydrogen) atoms. The first-order chi connectivity index (χ1) is 9.84. The summed E-state index contributed by atoms with van der Waals surface area (Å²) in [7, 11) is 0. The molecular weight excluding hydrogens is 272 g/mol. The molecule has 0 unspecified atom stereocenters. The van der Waals surface area contributed by atoms with Crippen LogP contribution in [0.1, 0.15) is 0 Å². The van der Waals surface area contributed by atoms with Gasteiger partial charge in [0.25, 0.3) is 0 Å². The van der Waals surface area contributed by atoms with E-state index in [0.29, 0.717) is 0 Å². The molecule has 0 atom stereocenters. The molecule has 0 amide bonds. The van der Waals surface area contributed by atoms with E-state index in [2.05, 4.69) is 37.8 Å². The van der Waals surface area contributed by atoms with E-state index in [9.17, 15) is 0 Å². The molecule has 0 bridgehead atoms. The van der Waals surface area contributed by atoms with Crippen molar-refractivity contribution in [2.45, 2.75) is 0 Å². The lowest BCUT2D eigenvalue weighted by Gasteiger charge is -2.30. The van der Waals surface area contributed by atoms with Gasteiger partial charge in [0.15, 0.2) is 0 Å². The first kappa shape index (κ1) is 12.0. The van der Waals surface area contributed by atoms with E-state index in [1.54, 1.807) is 0 Å². The molecule has 1 N–H and O–H groups in total. The molecule has 1 aliphatic heterocycles. The van der Waals surface area contributed by atoms with Gasteiger partial charge in [0.2, 0.25) is 0 Å². The number of piperazine rings is 1. The molecule has 2 aromatic heterocycles. The Balaban J connectivity index is 1.96. The molecule has 4 nitrogen and oxygen atoms in total. The second-order valence-electron chi connectivity index (χ2n) is 5.06. The van der Waals surface area contributed by atoms with Crippen molar-refractivity contribution >= 4 is 33.8 Å². The van der Waals surface area contributed by atoms with E-state index >= 15 is 0 Å². The summed E-state index contributed by atoms with van der Waals surface area (Å²) < 4.78 is 2.11. The third kappa shape index (κ3) is 1.76. The van der Waals surface area contributed by atoms with E-state index in [-0.39, 0.29) is 0 Å². The second kappa shape index (κ2) is 4.65. The van der Waals surface area contributed by atoms with Crippen molar-refractivity contribution in [3.05, 3.63) is 41.7 Å². The summed E-state index contributed by atoms with van der Waals surface area (Å²) in [6.45, 7) is 4.08. The molecule has 3 heterocycles. The number of aromatic nitrogens is 2. The van der Waals surface area contributed by atoms with Crippen LogP contribution in [-0.2, 0) is 0 Å². The summed E-state index contributed by atoms with van der Waals surface area (Å²) in [5.74, 6) is 0. The SMILES string of the molecule is Clc1ccn2c1cnc1c(N3CCNCC3)cccc12. The summed E-state index contributed by atoms with van der Waals surface area (Å²) in [5, 5.41) is 4.12. The molecule has 0 saturated carbocycles. The monoisotopic (exact) mass is 286 g/mol. The van der Waals surface area contributed by atoms with Gasteiger partial charge in [-0.2, -0.15) is 0 Å². The van der Waals surface area contributed by atoms with Crippen molar-refractivity contribution in [1.29, 1.82) is 0 Å². The minimum Gasteiger partial charge on any atom is -0.367 e. The Hall–Kier alpha value is -1.78. The van der Waals surface area contributed by atoms with E-state index in [0.717, 1.165) is 47.8 Å². The van der Waals surface area contributed by atoms with Gasteiger partial charge in [-0.15, -0.1) is 0 Å². The highest BCUT2D eigenvalue weighted by molar-refractivity contribution is 6.34. The Kier molecular flexibility index (Phi) is 2.79. The maximum atomic E-state index is 6.18. The fourth-order valence-corrected chi connectivity index (χ4v) is 3.08. The largest absolute Gasteiger partial charge is 0.367 e. The quantitative estimate of drug-likeness (QED) is 0.746. The summed E-state index contributed by atoms with van der Waals surface area (Å²) >= 11 is 6.18. The number of para-hydroxylation sites is 1. The molecule has 1 aromatic carbocycles. The van der Waals surface area contributed by atoms with Crippen molar-refractivity contribution in [1.82, 2.24) is 14.7 Å². The lowest BCUT2D eigenvalue weighted by Crippen LogP contribution is -2.43. The number of benzene rings is 1. The van der Waals surface area contributed by atoms with Crippen LogP contribution in [-0.4, -0.2) is 35.6 Å². The van der Waals surface area contributed by atoms with Crippen LogP contribution in [0.15, 0.2) is 36.7 Å². The van der Waals surface area contributed by atoms with E-state index < -0.39 is 0 Å². The van der Waals surface area contributed by atoms with Crippen LogP contribution in [0.5, 0.6) is 0 Å². The number of nitrogens with zero attached hydrogens (tertiary/aromatic N) is 3. The predicted molar refractivity (Wildman–Crippen MR) is 82.8 cm³/mol. The molecule has 102 valence electrons. The highest BCUT2D eigenvalue weighted by Crippen LogP contribution is 2.28. The molecule has 5 heteroatoms. The van der Waals surface area contributed by atoms with Crippen molar-refractivity contribution < 1.29 is 0 Å². The maximum Gasteiger partial charge on any atom is 0.110 e. The van der Waals surface area contributed by atoms with E-state index in [4.69, 9.17) is 11.6 Å². The molecule has 1 saturated heterocycles. The van der Waals surface area contributed by atoms with Crippen molar-refractivity contribution in [2.75, 3.05) is 31.1 Å². The number of fused-ring (bicyclic) bond motifs is 3. The van der Waals surface area contributed by atoms with Gasteiger partial charge in [-0.05, 0) is 18.2 Å². The van der Waals surface area contributed by atoms with Crippen LogP contribution < -0.4 is 10.2 Å². The van der Waals surface area contributed by atoms with Gasteiger partial charge in [0, 0.05) is 32.4 Å². The molecular formula is C15H15ClN4. The maximum absolute atomic E-state index is 6.18. The van der Waals surface area contributed by atoms with Crippen LogP contribution in [0, 0.1) is 0 Å². The summed E-state index contributed by atoms with van der Waals surface area (Å²) in [6, 6.07) is 8.25. The number of nitrogens with one attached hydrogen (secondary N) is 1. The fraction of sp³-hybridized carbons (Fsp3) is 0.267. The molecule has 4 rings (SSSR count). The number of anilines is 1. The Morgan fingerprint density at radius 2 is 1.95 bits per heavy atom. The minimum absolute atomic E-state index is 0.743. The first-order valence-electron chi connectivity index (χ1n) is 6.84. The van der Waals surface area contributed by atoms with Gasteiger partial charge in [0.05, 0.1) is 27.9 Å². The van der Waals surface area contributed by atoms with Gasteiger partial charge in [0.1, 0.15) is 5.52 Å². The summed E-state index contributed by atoms with van der Waals surface area (Å²) in [5.41, 5.74) is 4.30. The second-order valence-corrected chi connectivity index (χ2v) is 5.47. The highest BCUT2D eigenvalue weighted by atomic mass is 35.5. The van der Waals surface area contributed by atoms with Crippen LogP contribution >= 0.6 is 11.6 Å². The van der Waals surface area contributed by atoms with Crippen LogP contribution in [0.3, 0.4) is 0 Å². The van der Waals surface area contributed by atoms with Gasteiger partial charge in [-0.25, -0.2) is 0 Å². The van der Waals surface area contributed by atoms with Gasteiger partial charge < -0.3 is 14.6 Å². The normalized spacial score (nSPS) is 16.1. The lowest BCUT2D eigenvalue weighted by atomic mass is 10.2. The zero-order valence-corrected chi connectivity index (χ0v) is 11.8. The Labute approximate surface area is 122 Å². The van der Waals surface area contributed by atoms with Crippen molar-refractivity contribution in [2.24, 2.45) is 0 Å². The van der Waals surface area contributed by atoms with Crippen LogP contribution in [0.4, 0.5) is 5.69 Å². The number of hydrogen-bond donors (Lipinski definition) is 1. The summed E-state index contributed by atoms with van der Waals surface area (Å²) in [6.07, 6.45) is 3.86. The van der Waals surface area contributed by atoms with Crippen LogP contribution in [0.2, 0.25) is 5.02 Å². The number of halogens is 1. The molecule has 1 fully saturated rings. The van der Waals surface area contributed by atoms with Gasteiger partial charge >= 0.3 is 0 Å². The lowest BCUT2D eigenvalue weighted by molar-refractivity contribution is 0.590. The smallest absolute Gasteiger partial charge is 0.110 e. The topological polar surface area (TPSA) is 32.6 Å². The number of hydrogen-bond acceptors (Lipinski definition) is 3. The first-order valence-corrected chi connectivity index (χ1v) is 7.22. The average molecular weight is 287 g/mol. The Morgan fingerprint density at radius 3 is 2.80 bits per heavy atom. The van der Waals surface area contributed by atoms with E-state index in [1.165, 1.54) is 5.69 Å². The van der Waals surface area contributed by atoms with Crippen molar-refractivity contribution in [3.8, 4) is 0 Å². The summed E-state index contributed by atoms with van der Waals surface area (Å²) in [4.78, 5) is 7.04. The Bertz CT molecular complexity index is 774. The van der Waals surface area contributed by atoms with Gasteiger partial charge in [-0.1, -0.05) is 17.7 Å². The Morgan fingerprint density at radius 1 is 1.10 bits per heavy atom. The molecule has 3 aromatic rings. The van der Waals surface area contributed by atoms with Gasteiger partial charge in [-0.3, -0.25) is 4.98 Å². The van der Waals surface area contributed by atoms with E-state index in [1.807, 2.05) is 18.5 Å².